The van der Waals surface area contributed by atoms with Crippen LogP contribution >= 0.6 is 23.2 Å². The summed E-state index contributed by atoms with van der Waals surface area (Å²) >= 11 is 13.0. The first-order valence-electron chi connectivity index (χ1n) is 28.0. The van der Waals surface area contributed by atoms with Crippen LogP contribution in [0.15, 0.2) is 216 Å². The highest BCUT2D eigenvalue weighted by molar-refractivity contribution is 7.90. The predicted octanol–water partition coefficient (Wildman–Crippen LogP) is 20.3. The Hall–Kier alpha value is -10.7. The molecule has 22 heteroatoms. The SMILES string of the molecule is [C-]#[N+]c1cccc(C)c1-c1c(-c2cccc(-c3ccc(C(=O)O)cc3Cl)c2)n(S(=O)(=O)c2ccc(C(F)F)cc2)c2ccc(F)cc12.[C-]#[N+]c1cccc(C)c1-c1c(-c2cccc(-c3ccc(C(=O)O)cc3Cl)c2)n(S(=O)(=O)c2ccc(C(F)F)cc2)c2ccc(F)cc12. The summed E-state index contributed by atoms with van der Waals surface area (Å²) in [6, 6.07) is 47.7. The molecule has 12 rings (SSSR count). The van der Waals surface area contributed by atoms with Crippen molar-refractivity contribution in [1.82, 2.24) is 7.94 Å². The maximum atomic E-state index is 15.0. The highest BCUT2D eigenvalue weighted by atomic mass is 35.5. The van der Waals surface area contributed by atoms with E-state index in [9.17, 15) is 63.0 Å². The Labute approximate surface area is 543 Å². The highest BCUT2D eigenvalue weighted by Crippen LogP contribution is 2.51. The monoisotopic (exact) mass is 1340 g/mol. The molecule has 0 amide bonds. The number of benzene rings is 10. The third-order valence-corrected chi connectivity index (χ3v) is 19.8. The Morgan fingerprint density at radius 3 is 1.13 bits per heavy atom. The second-order valence-corrected chi connectivity index (χ2v) is 25.8. The highest BCUT2D eigenvalue weighted by Gasteiger charge is 2.33. The molecule has 0 aliphatic heterocycles. The van der Waals surface area contributed by atoms with Gasteiger partial charge in [-0.1, -0.05) is 144 Å². The largest absolute Gasteiger partial charge is 0.478 e. The lowest BCUT2D eigenvalue weighted by molar-refractivity contribution is 0.0686. The van der Waals surface area contributed by atoms with Crippen molar-refractivity contribution in [3.63, 3.8) is 0 Å². The summed E-state index contributed by atoms with van der Waals surface area (Å²) in [5.41, 5.74) is 5.33. The molecule has 2 aromatic heterocycles. The molecular formula is C72H44Cl2F6N4O8S2. The Balaban J connectivity index is 0.000000192. The number of nitrogens with zero attached hydrogens (tertiary/aromatic N) is 4. The van der Waals surface area contributed by atoms with E-state index in [2.05, 4.69) is 9.69 Å². The number of carboxylic acids is 2. The third kappa shape index (κ3) is 12.0. The minimum absolute atomic E-state index is 0.0190. The molecule has 0 radical (unpaired) electrons. The van der Waals surface area contributed by atoms with Gasteiger partial charge in [0.25, 0.3) is 32.9 Å². The Morgan fingerprint density at radius 2 is 0.798 bits per heavy atom. The number of hydrogen-bond acceptors (Lipinski definition) is 6. The molecule has 12 nitrogen and oxygen atoms in total. The van der Waals surface area contributed by atoms with Crippen LogP contribution in [0.3, 0.4) is 0 Å². The van der Waals surface area contributed by atoms with Crippen LogP contribution in [0.1, 0.15) is 55.8 Å². The molecular weight excluding hydrogens is 1300 g/mol. The van der Waals surface area contributed by atoms with Gasteiger partial charge in [-0.15, -0.1) is 0 Å². The average Bonchev–Trinajstić information content (AvgIpc) is 1.56. The summed E-state index contributed by atoms with van der Waals surface area (Å²) in [6.45, 7) is 19.3. The first-order chi connectivity index (χ1) is 44.8. The van der Waals surface area contributed by atoms with Crippen molar-refractivity contribution in [2.45, 2.75) is 36.5 Å². The second-order valence-electron chi connectivity index (χ2n) is 21.4. The molecule has 10 aromatic carbocycles. The van der Waals surface area contributed by atoms with Crippen molar-refractivity contribution in [1.29, 1.82) is 0 Å². The van der Waals surface area contributed by atoms with Crippen LogP contribution in [0.2, 0.25) is 10.0 Å². The zero-order valence-corrected chi connectivity index (χ0v) is 51.9. The van der Waals surface area contributed by atoms with E-state index >= 15 is 0 Å². The molecule has 0 aliphatic carbocycles. The number of fused-ring (bicyclic) bond motifs is 2. The van der Waals surface area contributed by atoms with Gasteiger partial charge in [0, 0.05) is 65.3 Å². The Bertz CT molecular complexity index is 5100. The number of alkyl halides is 4. The van der Waals surface area contributed by atoms with E-state index in [0.717, 1.165) is 68.6 Å². The van der Waals surface area contributed by atoms with Crippen LogP contribution < -0.4 is 0 Å². The molecule has 0 fully saturated rings. The van der Waals surface area contributed by atoms with E-state index in [1.807, 2.05) is 0 Å². The van der Waals surface area contributed by atoms with Crippen LogP contribution in [0, 0.1) is 38.6 Å². The van der Waals surface area contributed by atoms with Gasteiger partial charge in [0.1, 0.15) is 11.6 Å². The van der Waals surface area contributed by atoms with Gasteiger partial charge < -0.3 is 10.2 Å². The quantitative estimate of drug-likeness (QED) is 0.0803. The van der Waals surface area contributed by atoms with Gasteiger partial charge in [0.2, 0.25) is 0 Å². The van der Waals surface area contributed by atoms with Gasteiger partial charge >= 0.3 is 11.9 Å². The number of carboxylic acid groups (broad SMARTS) is 2. The molecule has 2 heterocycles. The lowest BCUT2D eigenvalue weighted by atomic mass is 9.92. The van der Waals surface area contributed by atoms with Crippen molar-refractivity contribution in [2.24, 2.45) is 0 Å². The summed E-state index contributed by atoms with van der Waals surface area (Å²) in [5.74, 6) is -3.60. The average molecular weight is 1340 g/mol. The molecule has 2 N–H and O–H groups in total. The van der Waals surface area contributed by atoms with Gasteiger partial charge in [-0.3, -0.25) is 0 Å². The fourth-order valence-electron chi connectivity index (χ4n) is 11.4. The zero-order chi connectivity index (χ0) is 67.2. The molecule has 0 unspecified atom stereocenters. The lowest BCUT2D eigenvalue weighted by Gasteiger charge is -2.17. The van der Waals surface area contributed by atoms with Gasteiger partial charge in [0.05, 0.1) is 56.5 Å². The normalized spacial score (nSPS) is 11.6. The number of carbonyl (C=O) groups is 2. The summed E-state index contributed by atoms with van der Waals surface area (Å²) < 4.78 is 144. The van der Waals surface area contributed by atoms with Gasteiger partial charge in [-0.05, 0) is 133 Å². The van der Waals surface area contributed by atoms with Crippen molar-refractivity contribution in [3.05, 3.63) is 284 Å². The maximum absolute atomic E-state index is 15.0. The number of halogens is 8. The molecule has 0 bridgehead atoms. The Kier molecular flexibility index (Phi) is 17.7. The van der Waals surface area contributed by atoms with Gasteiger partial charge in [-0.25, -0.2) is 70.4 Å². The first kappa shape index (κ1) is 64.8. The molecule has 0 aliphatic rings. The summed E-state index contributed by atoms with van der Waals surface area (Å²) in [4.78, 5) is 29.8. The first-order valence-corrected chi connectivity index (χ1v) is 31.7. The number of aromatic nitrogens is 2. The van der Waals surface area contributed by atoms with Gasteiger partial charge in [-0.2, -0.15) is 0 Å². The number of aryl methyl sites for hydroxylation is 2. The van der Waals surface area contributed by atoms with Crippen molar-refractivity contribution in [2.75, 3.05) is 0 Å². The molecule has 468 valence electrons. The summed E-state index contributed by atoms with van der Waals surface area (Å²) in [5, 5.41) is 19.5. The molecule has 94 heavy (non-hydrogen) atoms. The molecule has 0 atom stereocenters. The summed E-state index contributed by atoms with van der Waals surface area (Å²) in [7, 11) is -9.08. The van der Waals surface area contributed by atoms with Crippen molar-refractivity contribution >= 4 is 88.4 Å². The predicted molar refractivity (Wildman–Crippen MR) is 350 cm³/mol. The molecule has 0 spiro atoms. The standard InChI is InChI=1S/2C36H22ClF3N2O4S/c2*1-20-5-3-8-30(41-2)32(20)33-28-19-25(38)12-16-31(28)42(47(45,46)26-13-9-21(10-14-26)35(39)40)34(33)23-7-4-6-22(17-23)27-15-11-24(36(43)44)18-29(27)37/h2*3-19,35H,1H3,(H,43,44). The van der Waals surface area contributed by atoms with Crippen LogP contribution in [0.5, 0.6) is 0 Å². The second kappa shape index (κ2) is 25.7. The van der Waals surface area contributed by atoms with Crippen LogP contribution in [0.25, 0.3) is 98.5 Å². The Morgan fingerprint density at radius 1 is 0.447 bits per heavy atom. The van der Waals surface area contributed by atoms with Crippen LogP contribution in [0.4, 0.5) is 37.7 Å². The van der Waals surface area contributed by atoms with E-state index in [0.29, 0.717) is 55.6 Å². The van der Waals surface area contributed by atoms with E-state index in [1.54, 1.807) is 98.8 Å². The van der Waals surface area contributed by atoms with Crippen LogP contribution in [-0.2, 0) is 20.0 Å². The van der Waals surface area contributed by atoms with Gasteiger partial charge in [0.15, 0.2) is 11.4 Å². The third-order valence-electron chi connectivity index (χ3n) is 15.7. The van der Waals surface area contributed by atoms with Crippen molar-refractivity contribution < 1.29 is 63.0 Å². The number of hydrogen-bond donors (Lipinski definition) is 2. The maximum Gasteiger partial charge on any atom is 0.335 e. The van der Waals surface area contributed by atoms with E-state index in [4.69, 9.17) is 36.3 Å². The minimum Gasteiger partial charge on any atom is -0.478 e. The number of aromatic carboxylic acids is 2. The molecule has 0 saturated carbocycles. The fraction of sp³-hybridized carbons (Fsp3) is 0.0556. The van der Waals surface area contributed by atoms with E-state index in [1.165, 1.54) is 60.7 Å². The number of rotatable bonds is 14. The smallest absolute Gasteiger partial charge is 0.335 e. The van der Waals surface area contributed by atoms with Crippen LogP contribution in [-0.4, -0.2) is 46.9 Å². The zero-order valence-electron chi connectivity index (χ0n) is 48.8. The summed E-state index contributed by atoms with van der Waals surface area (Å²) in [6.07, 6.45) is -5.62. The lowest BCUT2D eigenvalue weighted by Crippen LogP contribution is -2.14. The van der Waals surface area contributed by atoms with E-state index in [-0.39, 0.29) is 97.8 Å². The van der Waals surface area contributed by atoms with Crippen molar-refractivity contribution in [3.8, 4) is 67.0 Å². The molecule has 12 aromatic rings. The minimum atomic E-state index is -4.54. The topological polar surface area (TPSA) is 161 Å². The molecule has 0 saturated heterocycles. The van der Waals surface area contributed by atoms with E-state index < -0.39 is 56.5 Å². The fourth-order valence-corrected chi connectivity index (χ4v) is 15.0.